The minimum atomic E-state index is -2.95. The maximum absolute atomic E-state index is 12.9. The second kappa shape index (κ2) is 14.0. The summed E-state index contributed by atoms with van der Waals surface area (Å²) in [6.07, 6.45) is 2.01. The molecular formula is C21H31F2IN4O3. The highest BCUT2D eigenvalue weighted by Gasteiger charge is 2.16. The van der Waals surface area contributed by atoms with Crippen LogP contribution in [0.15, 0.2) is 33.8 Å². The molecule has 174 valence electrons. The molecule has 0 saturated carbocycles. The number of alkyl halides is 2. The van der Waals surface area contributed by atoms with Gasteiger partial charge in [0.25, 0.3) is 0 Å². The van der Waals surface area contributed by atoms with Gasteiger partial charge in [0.15, 0.2) is 23.2 Å². The molecule has 1 aromatic carbocycles. The van der Waals surface area contributed by atoms with Crippen LogP contribution in [0.3, 0.4) is 0 Å². The van der Waals surface area contributed by atoms with Gasteiger partial charge in [-0.1, -0.05) is 31.1 Å². The number of nitrogens with one attached hydrogen (secondary N) is 2. The van der Waals surface area contributed by atoms with Crippen molar-refractivity contribution in [2.24, 2.45) is 4.99 Å². The van der Waals surface area contributed by atoms with Crippen LogP contribution in [0.1, 0.15) is 56.5 Å². The highest BCUT2D eigenvalue weighted by atomic mass is 127. The van der Waals surface area contributed by atoms with E-state index in [1.54, 1.807) is 32.2 Å². The van der Waals surface area contributed by atoms with Gasteiger partial charge in [-0.25, -0.2) is 0 Å². The fourth-order valence-corrected chi connectivity index (χ4v) is 3.07. The SMILES string of the molecule is CCOc1cccc(CNC(=NC)NCc2cc(C(CC)CC)no2)c1OC(F)F.I. The lowest BCUT2D eigenvalue weighted by Gasteiger charge is -2.17. The number of ether oxygens (including phenoxy) is 2. The Balaban J connectivity index is 0.00000480. The number of rotatable bonds is 11. The van der Waals surface area contributed by atoms with E-state index in [0.29, 0.717) is 36.4 Å². The van der Waals surface area contributed by atoms with Gasteiger partial charge < -0.3 is 24.6 Å². The lowest BCUT2D eigenvalue weighted by molar-refractivity contribution is -0.0520. The van der Waals surface area contributed by atoms with E-state index < -0.39 is 6.61 Å². The number of benzene rings is 1. The summed E-state index contributed by atoms with van der Waals surface area (Å²) in [5.41, 5.74) is 1.47. The third-order valence-corrected chi connectivity index (χ3v) is 4.65. The van der Waals surface area contributed by atoms with E-state index in [4.69, 9.17) is 9.26 Å². The first-order chi connectivity index (χ1) is 14.5. The van der Waals surface area contributed by atoms with E-state index in [0.717, 1.165) is 18.5 Å². The van der Waals surface area contributed by atoms with Gasteiger partial charge in [-0.2, -0.15) is 8.78 Å². The van der Waals surface area contributed by atoms with Crippen LogP contribution in [-0.2, 0) is 13.1 Å². The molecule has 0 aliphatic heterocycles. The Morgan fingerprint density at radius 1 is 1.16 bits per heavy atom. The first kappa shape index (κ1) is 26.9. The first-order valence-corrected chi connectivity index (χ1v) is 10.1. The Bertz CT molecular complexity index is 814. The topological polar surface area (TPSA) is 80.9 Å². The number of aliphatic imine (C=N–C) groups is 1. The van der Waals surface area contributed by atoms with Crippen LogP contribution < -0.4 is 20.1 Å². The Morgan fingerprint density at radius 3 is 2.48 bits per heavy atom. The highest BCUT2D eigenvalue weighted by molar-refractivity contribution is 14.0. The van der Waals surface area contributed by atoms with Gasteiger partial charge in [0.05, 0.1) is 18.8 Å². The quantitative estimate of drug-likeness (QED) is 0.231. The predicted octanol–water partition coefficient (Wildman–Crippen LogP) is 5.06. The van der Waals surface area contributed by atoms with Crippen molar-refractivity contribution in [1.82, 2.24) is 15.8 Å². The molecular weight excluding hydrogens is 521 g/mol. The summed E-state index contributed by atoms with van der Waals surface area (Å²) in [5, 5.41) is 10.4. The molecule has 2 N–H and O–H groups in total. The largest absolute Gasteiger partial charge is 0.490 e. The van der Waals surface area contributed by atoms with Gasteiger partial charge in [0, 0.05) is 31.1 Å². The molecule has 0 fully saturated rings. The summed E-state index contributed by atoms with van der Waals surface area (Å²) in [6.45, 7) is 4.04. The van der Waals surface area contributed by atoms with Gasteiger partial charge in [-0.3, -0.25) is 4.99 Å². The van der Waals surface area contributed by atoms with Crippen molar-refractivity contribution in [1.29, 1.82) is 0 Å². The van der Waals surface area contributed by atoms with E-state index in [-0.39, 0.29) is 42.0 Å². The summed E-state index contributed by atoms with van der Waals surface area (Å²) in [5.74, 6) is 1.85. The van der Waals surface area contributed by atoms with Crippen molar-refractivity contribution in [3.63, 3.8) is 0 Å². The van der Waals surface area contributed by atoms with Crippen LogP contribution in [0.25, 0.3) is 0 Å². The molecule has 1 heterocycles. The van der Waals surface area contributed by atoms with Crippen molar-refractivity contribution < 1.29 is 22.8 Å². The lowest BCUT2D eigenvalue weighted by atomic mass is 9.99. The average molecular weight is 552 g/mol. The minimum absolute atomic E-state index is 0. The maximum atomic E-state index is 12.9. The molecule has 7 nitrogen and oxygen atoms in total. The zero-order chi connectivity index (χ0) is 21.9. The van der Waals surface area contributed by atoms with Crippen molar-refractivity contribution in [3.05, 3.63) is 41.3 Å². The van der Waals surface area contributed by atoms with Crippen molar-refractivity contribution in [3.8, 4) is 11.5 Å². The number of hydrogen-bond donors (Lipinski definition) is 2. The Labute approximate surface area is 199 Å². The zero-order valence-electron chi connectivity index (χ0n) is 18.3. The Morgan fingerprint density at radius 2 is 1.87 bits per heavy atom. The van der Waals surface area contributed by atoms with Crippen molar-refractivity contribution in [2.45, 2.75) is 59.2 Å². The molecule has 2 aromatic rings. The van der Waals surface area contributed by atoms with Crippen molar-refractivity contribution in [2.75, 3.05) is 13.7 Å². The number of halogens is 3. The van der Waals surface area contributed by atoms with Gasteiger partial charge in [0.1, 0.15) is 0 Å². The van der Waals surface area contributed by atoms with Gasteiger partial charge in [0.2, 0.25) is 0 Å². The van der Waals surface area contributed by atoms with E-state index in [2.05, 4.69) is 39.4 Å². The molecule has 0 aliphatic carbocycles. The molecule has 0 saturated heterocycles. The number of guanidine groups is 1. The Kier molecular flexibility index (Phi) is 12.2. The Hall–Kier alpha value is -2.11. The van der Waals surface area contributed by atoms with E-state index >= 15 is 0 Å². The van der Waals surface area contributed by atoms with Crippen LogP contribution in [-0.4, -0.2) is 31.4 Å². The van der Waals surface area contributed by atoms with Crippen LogP contribution in [0.5, 0.6) is 11.5 Å². The monoisotopic (exact) mass is 552 g/mol. The standard InChI is InChI=1S/C21H30F2N4O3.HI/c1-5-14(6-2)17-11-16(30-27-17)13-26-21(24-4)25-12-15-9-8-10-18(28-7-3)19(15)29-20(22)23;/h8-11,14,20H,5-7,12-13H2,1-4H3,(H2,24,25,26);1H. The molecule has 0 unspecified atom stereocenters. The van der Waals surface area contributed by atoms with Crippen LogP contribution in [0, 0.1) is 0 Å². The molecule has 0 radical (unpaired) electrons. The smallest absolute Gasteiger partial charge is 0.387 e. The van der Waals surface area contributed by atoms with Gasteiger partial charge in [-0.05, 0) is 25.8 Å². The zero-order valence-corrected chi connectivity index (χ0v) is 20.6. The molecule has 2 rings (SSSR count). The summed E-state index contributed by atoms with van der Waals surface area (Å²) in [6, 6.07) is 6.96. The second-order valence-electron chi connectivity index (χ2n) is 6.57. The molecule has 10 heteroatoms. The van der Waals surface area contributed by atoms with E-state index in [1.807, 2.05) is 6.07 Å². The minimum Gasteiger partial charge on any atom is -0.490 e. The third kappa shape index (κ3) is 8.15. The number of para-hydroxylation sites is 1. The third-order valence-electron chi connectivity index (χ3n) is 4.65. The van der Waals surface area contributed by atoms with Gasteiger partial charge in [-0.15, -0.1) is 24.0 Å². The summed E-state index contributed by atoms with van der Waals surface area (Å²) >= 11 is 0. The number of aromatic nitrogens is 1. The molecule has 0 amide bonds. The van der Waals surface area contributed by atoms with E-state index in [1.165, 1.54) is 0 Å². The summed E-state index contributed by atoms with van der Waals surface area (Å²) in [7, 11) is 1.62. The predicted molar refractivity (Wildman–Crippen MR) is 127 cm³/mol. The van der Waals surface area contributed by atoms with Crippen molar-refractivity contribution >= 4 is 29.9 Å². The molecule has 0 bridgehead atoms. The van der Waals surface area contributed by atoms with Crippen LogP contribution in [0.4, 0.5) is 8.78 Å². The van der Waals surface area contributed by atoms with E-state index in [9.17, 15) is 8.78 Å². The first-order valence-electron chi connectivity index (χ1n) is 10.1. The summed E-state index contributed by atoms with van der Waals surface area (Å²) < 4.78 is 41.2. The lowest BCUT2D eigenvalue weighted by Crippen LogP contribution is -2.36. The average Bonchev–Trinajstić information content (AvgIpc) is 3.19. The molecule has 0 aliphatic rings. The fraction of sp³-hybridized carbons (Fsp3) is 0.524. The van der Waals surface area contributed by atoms with Gasteiger partial charge >= 0.3 is 6.61 Å². The summed E-state index contributed by atoms with van der Waals surface area (Å²) in [4.78, 5) is 4.15. The second-order valence-corrected chi connectivity index (χ2v) is 6.57. The molecule has 0 spiro atoms. The highest BCUT2D eigenvalue weighted by Crippen LogP contribution is 2.32. The number of hydrogen-bond acceptors (Lipinski definition) is 5. The van der Waals surface area contributed by atoms with Crippen LogP contribution >= 0.6 is 24.0 Å². The number of nitrogens with zero attached hydrogens (tertiary/aromatic N) is 2. The molecule has 0 atom stereocenters. The molecule has 31 heavy (non-hydrogen) atoms. The molecule has 1 aromatic heterocycles. The van der Waals surface area contributed by atoms with Crippen LogP contribution in [0.2, 0.25) is 0 Å². The normalized spacial score (nSPS) is 11.4. The maximum Gasteiger partial charge on any atom is 0.387 e. The fourth-order valence-electron chi connectivity index (χ4n) is 3.07.